The number of hydrogen-bond donors (Lipinski definition) is 0. The van der Waals surface area contributed by atoms with Crippen molar-refractivity contribution < 1.29 is 28.6 Å². The molecule has 0 saturated carbocycles. The van der Waals surface area contributed by atoms with Gasteiger partial charge in [-0.1, -0.05) is 304 Å². The number of esters is 3. The van der Waals surface area contributed by atoms with Gasteiger partial charge in [-0.05, 0) is 122 Å². The molecule has 0 aliphatic rings. The van der Waals surface area contributed by atoms with Gasteiger partial charge in [-0.2, -0.15) is 0 Å². The van der Waals surface area contributed by atoms with E-state index in [1.54, 1.807) is 0 Å². The van der Waals surface area contributed by atoms with Gasteiger partial charge in [0.2, 0.25) is 0 Å². The van der Waals surface area contributed by atoms with Crippen molar-refractivity contribution in [3.05, 3.63) is 109 Å². The average molecular weight is 1140 g/mol. The van der Waals surface area contributed by atoms with E-state index in [9.17, 15) is 14.4 Å². The molecule has 0 aliphatic heterocycles. The summed E-state index contributed by atoms with van der Waals surface area (Å²) in [5.41, 5.74) is 0. The Balaban J connectivity index is 4.21. The monoisotopic (exact) mass is 1140 g/mol. The number of rotatable bonds is 63. The Labute approximate surface area is 508 Å². The lowest BCUT2D eigenvalue weighted by molar-refractivity contribution is -0.167. The molecule has 0 spiro atoms. The molecule has 0 aliphatic carbocycles. The molecule has 0 aromatic rings. The molecule has 0 saturated heterocycles. The fourth-order valence-electron chi connectivity index (χ4n) is 9.78. The Kier molecular flexibility index (Phi) is 66.2. The fraction of sp³-hybridized carbons (Fsp3) is 0.724. The summed E-state index contributed by atoms with van der Waals surface area (Å²) in [7, 11) is 0. The molecule has 82 heavy (non-hydrogen) atoms. The third-order valence-corrected chi connectivity index (χ3v) is 15.0. The quantitative estimate of drug-likeness (QED) is 0.0261. The molecule has 0 aromatic heterocycles. The van der Waals surface area contributed by atoms with Gasteiger partial charge >= 0.3 is 17.9 Å². The van der Waals surface area contributed by atoms with Crippen molar-refractivity contribution >= 4 is 17.9 Å². The Hall–Kier alpha value is -3.93. The molecule has 1 unspecified atom stereocenters. The molecule has 0 aromatic carbocycles. The van der Waals surface area contributed by atoms with Crippen LogP contribution in [0.1, 0.15) is 335 Å². The Morgan fingerprint density at radius 3 is 0.805 bits per heavy atom. The van der Waals surface area contributed by atoms with Gasteiger partial charge in [0.25, 0.3) is 0 Å². The molecular weight excluding hydrogens is 1010 g/mol. The van der Waals surface area contributed by atoms with Crippen molar-refractivity contribution in [3.8, 4) is 0 Å². The summed E-state index contributed by atoms with van der Waals surface area (Å²) in [6.07, 6.45) is 95.5. The zero-order chi connectivity index (χ0) is 59.2. The zero-order valence-electron chi connectivity index (χ0n) is 54.0. The summed E-state index contributed by atoms with van der Waals surface area (Å²) in [6.45, 7) is 6.47. The molecular formula is C76H130O6. The normalized spacial score (nSPS) is 12.8. The highest BCUT2D eigenvalue weighted by molar-refractivity contribution is 5.71. The van der Waals surface area contributed by atoms with Crippen LogP contribution in [0.4, 0.5) is 0 Å². The molecule has 0 radical (unpaired) electrons. The van der Waals surface area contributed by atoms with E-state index in [2.05, 4.69) is 130 Å². The van der Waals surface area contributed by atoms with Gasteiger partial charge in [-0.25, -0.2) is 0 Å². The van der Waals surface area contributed by atoms with Crippen LogP contribution in [-0.4, -0.2) is 37.2 Å². The molecule has 1 atom stereocenters. The van der Waals surface area contributed by atoms with E-state index < -0.39 is 6.10 Å². The van der Waals surface area contributed by atoms with Gasteiger partial charge in [0, 0.05) is 19.3 Å². The van der Waals surface area contributed by atoms with Crippen LogP contribution in [0.25, 0.3) is 0 Å². The van der Waals surface area contributed by atoms with Crippen LogP contribution in [0.2, 0.25) is 0 Å². The fourth-order valence-corrected chi connectivity index (χ4v) is 9.78. The number of ether oxygens (including phenoxy) is 3. The van der Waals surface area contributed by atoms with E-state index in [0.717, 1.165) is 116 Å². The number of carbonyl (C=O) groups is 3. The molecule has 0 heterocycles. The maximum atomic E-state index is 12.9. The lowest BCUT2D eigenvalue weighted by atomic mass is 10.0. The molecule has 0 rings (SSSR count). The van der Waals surface area contributed by atoms with Gasteiger partial charge in [-0.15, -0.1) is 0 Å². The van der Waals surface area contributed by atoms with E-state index in [4.69, 9.17) is 14.2 Å². The Morgan fingerprint density at radius 2 is 0.500 bits per heavy atom. The first kappa shape index (κ1) is 78.1. The van der Waals surface area contributed by atoms with Crippen LogP contribution in [0.3, 0.4) is 0 Å². The first-order valence-electron chi connectivity index (χ1n) is 34.9. The van der Waals surface area contributed by atoms with E-state index in [0.29, 0.717) is 19.3 Å². The third kappa shape index (κ3) is 66.9. The maximum absolute atomic E-state index is 12.9. The molecule has 0 bridgehead atoms. The Bertz CT molecular complexity index is 1640. The van der Waals surface area contributed by atoms with Crippen molar-refractivity contribution in [2.45, 2.75) is 341 Å². The van der Waals surface area contributed by atoms with Crippen molar-refractivity contribution in [2.75, 3.05) is 13.2 Å². The highest BCUT2D eigenvalue weighted by Gasteiger charge is 2.19. The summed E-state index contributed by atoms with van der Waals surface area (Å²) in [4.78, 5) is 38.3. The summed E-state index contributed by atoms with van der Waals surface area (Å²) in [5, 5.41) is 0. The second kappa shape index (κ2) is 69.6. The van der Waals surface area contributed by atoms with Gasteiger partial charge in [-0.3, -0.25) is 14.4 Å². The predicted molar refractivity (Wildman–Crippen MR) is 357 cm³/mol. The van der Waals surface area contributed by atoms with Crippen molar-refractivity contribution in [3.63, 3.8) is 0 Å². The standard InChI is InChI=1S/C76H130O6/c1-4-7-10-13-16-19-22-24-26-28-30-32-34-36-37-38-39-41-42-44-46-48-50-52-54-57-60-63-66-69-75(78)81-72-73(71-80-74(77)68-65-62-59-56-21-18-15-12-9-6-3)82-76(79)70-67-64-61-58-55-53-51-49-47-45-43-40-35-33-31-29-27-25-23-20-17-14-11-8-5-2/h7,10,12,15-16,19,23-26,29-32,36-37,39,41,73H,4-6,8-9,11,13-14,17-18,20-22,27-28,33-35,38,40,42-72H2,1-3H3/b10-7-,15-12-,19-16-,25-23-,26-24-,31-29-,32-30-,37-36-,41-39-. The van der Waals surface area contributed by atoms with E-state index >= 15 is 0 Å². The maximum Gasteiger partial charge on any atom is 0.306 e. The Morgan fingerprint density at radius 1 is 0.256 bits per heavy atom. The minimum atomic E-state index is -0.785. The summed E-state index contributed by atoms with van der Waals surface area (Å²) in [6, 6.07) is 0. The van der Waals surface area contributed by atoms with Gasteiger partial charge in [0.15, 0.2) is 6.10 Å². The third-order valence-electron chi connectivity index (χ3n) is 15.0. The molecule has 470 valence electrons. The molecule has 0 fully saturated rings. The highest BCUT2D eigenvalue weighted by Crippen LogP contribution is 2.17. The summed E-state index contributed by atoms with van der Waals surface area (Å²) in [5.74, 6) is -0.887. The predicted octanol–water partition coefficient (Wildman–Crippen LogP) is 24.2. The topological polar surface area (TPSA) is 78.9 Å². The van der Waals surface area contributed by atoms with Crippen LogP contribution in [0, 0.1) is 0 Å². The SMILES string of the molecule is CC/C=C\C/C=C\C/C=C\C/C=C\C/C=C\C/C=C\CCCCCCCCCCCCC(=O)OCC(COC(=O)CCCCCCC/C=C\CCC)OC(=O)CCCCCCCCCCCCCCC/C=C\C/C=C\CCCCCCC. The molecule has 6 heteroatoms. The molecule has 6 nitrogen and oxygen atoms in total. The largest absolute Gasteiger partial charge is 0.462 e. The van der Waals surface area contributed by atoms with E-state index in [-0.39, 0.29) is 31.1 Å². The first-order chi connectivity index (χ1) is 40.5. The first-order valence-corrected chi connectivity index (χ1v) is 34.9. The van der Waals surface area contributed by atoms with Crippen molar-refractivity contribution in [1.29, 1.82) is 0 Å². The van der Waals surface area contributed by atoms with Crippen LogP contribution in [0.5, 0.6) is 0 Å². The van der Waals surface area contributed by atoms with Crippen LogP contribution < -0.4 is 0 Å². The minimum absolute atomic E-state index is 0.0822. The number of carbonyl (C=O) groups excluding carboxylic acids is 3. The summed E-state index contributed by atoms with van der Waals surface area (Å²) >= 11 is 0. The second-order valence-electron chi connectivity index (χ2n) is 23.1. The lowest BCUT2D eigenvalue weighted by Crippen LogP contribution is -2.30. The second-order valence-corrected chi connectivity index (χ2v) is 23.1. The van der Waals surface area contributed by atoms with Crippen LogP contribution in [0.15, 0.2) is 109 Å². The number of allylic oxidation sites excluding steroid dienone is 18. The number of unbranched alkanes of at least 4 members (excludes halogenated alkanes) is 34. The van der Waals surface area contributed by atoms with Crippen molar-refractivity contribution in [1.82, 2.24) is 0 Å². The molecule has 0 amide bonds. The average Bonchev–Trinajstić information content (AvgIpc) is 3.48. The van der Waals surface area contributed by atoms with Gasteiger partial charge in [0.05, 0.1) is 0 Å². The van der Waals surface area contributed by atoms with E-state index in [1.807, 2.05) is 0 Å². The lowest BCUT2D eigenvalue weighted by Gasteiger charge is -2.18. The van der Waals surface area contributed by atoms with Gasteiger partial charge < -0.3 is 14.2 Å². The van der Waals surface area contributed by atoms with Gasteiger partial charge in [0.1, 0.15) is 13.2 Å². The van der Waals surface area contributed by atoms with Crippen molar-refractivity contribution in [2.24, 2.45) is 0 Å². The minimum Gasteiger partial charge on any atom is -0.462 e. The molecule has 0 N–H and O–H groups in total. The number of hydrogen-bond acceptors (Lipinski definition) is 6. The summed E-state index contributed by atoms with van der Waals surface area (Å²) < 4.78 is 16.9. The van der Waals surface area contributed by atoms with E-state index in [1.165, 1.54) is 180 Å². The van der Waals surface area contributed by atoms with Crippen LogP contribution in [-0.2, 0) is 28.6 Å². The van der Waals surface area contributed by atoms with Crippen LogP contribution >= 0.6 is 0 Å². The smallest absolute Gasteiger partial charge is 0.306 e. The highest BCUT2D eigenvalue weighted by atomic mass is 16.6. The zero-order valence-corrected chi connectivity index (χ0v) is 54.0.